The van der Waals surface area contributed by atoms with Crippen LogP contribution in [0.1, 0.15) is 52.5 Å². The van der Waals surface area contributed by atoms with E-state index in [9.17, 15) is 37.9 Å². The van der Waals surface area contributed by atoms with E-state index in [0.717, 1.165) is 23.1 Å². The zero-order valence-corrected chi connectivity index (χ0v) is 22.0. The number of urea groups is 1. The molecule has 4 rings (SSSR count). The fourth-order valence-electron chi connectivity index (χ4n) is 4.69. The summed E-state index contributed by atoms with van der Waals surface area (Å²) in [6.45, 7) is 2.84. The van der Waals surface area contributed by atoms with Gasteiger partial charge in [0.15, 0.2) is 0 Å². The topological polar surface area (TPSA) is 111 Å². The maximum absolute atomic E-state index is 14.2. The van der Waals surface area contributed by atoms with E-state index in [1.54, 1.807) is 25.1 Å². The Hall–Kier alpha value is -5.11. The number of carbonyl (C=O) groups is 3. The van der Waals surface area contributed by atoms with Crippen molar-refractivity contribution >= 4 is 23.7 Å². The lowest BCUT2D eigenvalue weighted by Crippen LogP contribution is -2.50. The number of hydrogen-bond acceptors (Lipinski definition) is 5. The van der Waals surface area contributed by atoms with Crippen molar-refractivity contribution in [2.45, 2.75) is 32.6 Å². The molecule has 0 aromatic heterocycles. The molecule has 11 heteroatoms. The number of nitrogens with zero attached hydrogens (tertiary/aromatic N) is 3. The fourth-order valence-corrected chi connectivity index (χ4v) is 4.69. The van der Waals surface area contributed by atoms with Crippen molar-refractivity contribution in [3.05, 3.63) is 112 Å². The van der Waals surface area contributed by atoms with Gasteiger partial charge in [0.2, 0.25) is 0 Å². The number of allylic oxidation sites excluding steroid dienone is 1. The molecule has 1 aliphatic rings. The molecule has 0 radical (unpaired) electrons. The Bertz CT molecular complexity index is 1580. The molecule has 1 N–H and O–H groups in total. The second-order valence-corrected chi connectivity index (χ2v) is 9.16. The van der Waals surface area contributed by atoms with Gasteiger partial charge < -0.3 is 14.7 Å². The Morgan fingerprint density at radius 3 is 2.34 bits per heavy atom. The second-order valence-electron chi connectivity index (χ2n) is 9.16. The van der Waals surface area contributed by atoms with Crippen LogP contribution in [0.3, 0.4) is 0 Å². The van der Waals surface area contributed by atoms with Gasteiger partial charge in [-0.15, -0.1) is 0 Å². The molecule has 1 atom stereocenters. The Balaban J connectivity index is 1.96. The standard InChI is InChI=1S/C30H24F3N3O5/c1-3-41-28(39)25-18(2)36(24-9-5-8-23(15-24)30(31,32)33)29(40)35(17-20-6-4-7-22(14-20)27(37)38)26(25)21-12-10-19(16-34)11-13-21/h4-15,26H,3,17H2,1-2H3,(H,37,38). The van der Waals surface area contributed by atoms with E-state index in [0.29, 0.717) is 16.7 Å². The smallest absolute Gasteiger partial charge is 0.416 e. The van der Waals surface area contributed by atoms with Crippen LogP contribution in [0, 0.1) is 11.3 Å². The Labute approximate surface area is 233 Å². The number of aromatic carboxylic acids is 1. The summed E-state index contributed by atoms with van der Waals surface area (Å²) in [5.74, 6) is -1.97. The first kappa shape index (κ1) is 28.9. The summed E-state index contributed by atoms with van der Waals surface area (Å²) in [6.07, 6.45) is -4.68. The van der Waals surface area contributed by atoms with Crippen molar-refractivity contribution in [3.8, 4) is 6.07 Å². The number of carboxylic acid groups (broad SMARTS) is 1. The molecule has 8 nitrogen and oxygen atoms in total. The van der Waals surface area contributed by atoms with Crippen LogP contribution in [0.25, 0.3) is 0 Å². The second kappa shape index (κ2) is 11.6. The zero-order chi connectivity index (χ0) is 29.9. The Morgan fingerprint density at radius 1 is 1.05 bits per heavy atom. The van der Waals surface area contributed by atoms with Gasteiger partial charge in [0.25, 0.3) is 0 Å². The van der Waals surface area contributed by atoms with Gasteiger partial charge in [0.05, 0.1) is 46.7 Å². The molecule has 1 unspecified atom stereocenters. The molecule has 0 bridgehead atoms. The number of halogens is 3. The summed E-state index contributed by atoms with van der Waals surface area (Å²) >= 11 is 0. The van der Waals surface area contributed by atoms with Crippen LogP contribution in [-0.4, -0.2) is 34.6 Å². The van der Waals surface area contributed by atoms with E-state index in [2.05, 4.69) is 0 Å². The minimum atomic E-state index is -4.68. The number of ether oxygens (including phenoxy) is 1. The molecule has 0 fully saturated rings. The summed E-state index contributed by atoms with van der Waals surface area (Å²) in [7, 11) is 0. The van der Waals surface area contributed by atoms with E-state index < -0.39 is 35.8 Å². The molecule has 0 spiro atoms. The summed E-state index contributed by atoms with van der Waals surface area (Å²) in [4.78, 5) is 41.4. The highest BCUT2D eigenvalue weighted by molar-refractivity contribution is 6.03. The average Bonchev–Trinajstić information content (AvgIpc) is 2.94. The number of anilines is 1. The van der Waals surface area contributed by atoms with Crippen LogP contribution >= 0.6 is 0 Å². The molecule has 41 heavy (non-hydrogen) atoms. The number of carbonyl (C=O) groups excluding carboxylic acids is 2. The van der Waals surface area contributed by atoms with E-state index in [4.69, 9.17) is 4.74 Å². The van der Waals surface area contributed by atoms with Gasteiger partial charge in [-0.3, -0.25) is 4.90 Å². The van der Waals surface area contributed by atoms with Gasteiger partial charge in [0.1, 0.15) is 0 Å². The molecule has 3 aromatic rings. The number of hydrogen-bond donors (Lipinski definition) is 1. The number of nitriles is 1. The number of amides is 2. The number of carboxylic acids is 1. The van der Waals surface area contributed by atoms with Gasteiger partial charge in [-0.25, -0.2) is 14.4 Å². The average molecular weight is 564 g/mol. The highest BCUT2D eigenvalue weighted by Crippen LogP contribution is 2.42. The van der Waals surface area contributed by atoms with Crippen LogP contribution in [0.15, 0.2) is 84.1 Å². The molecule has 3 aromatic carbocycles. The molecule has 0 aliphatic carbocycles. The minimum Gasteiger partial charge on any atom is -0.478 e. The third kappa shape index (κ3) is 5.91. The first-order chi connectivity index (χ1) is 19.5. The first-order valence-electron chi connectivity index (χ1n) is 12.4. The highest BCUT2D eigenvalue weighted by Gasteiger charge is 2.43. The zero-order valence-electron chi connectivity index (χ0n) is 22.0. The summed E-state index contributed by atoms with van der Waals surface area (Å²) in [5.41, 5.74) is 0.117. The van der Waals surface area contributed by atoms with E-state index >= 15 is 0 Å². The van der Waals surface area contributed by atoms with Crippen LogP contribution < -0.4 is 4.90 Å². The van der Waals surface area contributed by atoms with Crippen molar-refractivity contribution in [1.82, 2.24) is 4.90 Å². The van der Waals surface area contributed by atoms with Gasteiger partial charge in [-0.05, 0) is 67.4 Å². The molecular weight excluding hydrogens is 539 g/mol. The van der Waals surface area contributed by atoms with Crippen LogP contribution in [0.5, 0.6) is 0 Å². The van der Waals surface area contributed by atoms with Crippen LogP contribution in [0.4, 0.5) is 23.7 Å². The van der Waals surface area contributed by atoms with Gasteiger partial charge in [-0.2, -0.15) is 18.4 Å². The number of esters is 1. The van der Waals surface area contributed by atoms with Gasteiger partial charge in [0, 0.05) is 12.2 Å². The molecule has 1 aliphatic heterocycles. The first-order valence-corrected chi connectivity index (χ1v) is 12.4. The van der Waals surface area contributed by atoms with Crippen molar-refractivity contribution in [2.75, 3.05) is 11.5 Å². The molecule has 1 heterocycles. The fraction of sp³-hybridized carbons (Fsp3) is 0.200. The molecule has 210 valence electrons. The third-order valence-corrected chi connectivity index (χ3v) is 6.56. The number of alkyl halides is 3. The molecular formula is C30H24F3N3O5. The maximum Gasteiger partial charge on any atom is 0.416 e. The predicted molar refractivity (Wildman–Crippen MR) is 141 cm³/mol. The molecule has 2 amide bonds. The summed E-state index contributed by atoms with van der Waals surface area (Å²) in [6, 6.07) is 16.4. The Morgan fingerprint density at radius 2 is 1.73 bits per heavy atom. The predicted octanol–water partition coefficient (Wildman–Crippen LogP) is 6.30. The summed E-state index contributed by atoms with van der Waals surface area (Å²) in [5, 5.41) is 18.7. The van der Waals surface area contributed by atoms with Crippen LogP contribution in [-0.2, 0) is 22.3 Å². The van der Waals surface area contributed by atoms with Crippen LogP contribution in [0.2, 0.25) is 0 Å². The number of benzene rings is 3. The van der Waals surface area contributed by atoms with E-state index in [1.165, 1.54) is 48.2 Å². The van der Waals surface area contributed by atoms with Gasteiger partial charge >= 0.3 is 24.1 Å². The normalized spacial score (nSPS) is 15.5. The molecule has 0 saturated heterocycles. The van der Waals surface area contributed by atoms with Crippen molar-refractivity contribution in [1.29, 1.82) is 5.26 Å². The summed E-state index contributed by atoms with van der Waals surface area (Å²) < 4.78 is 46.1. The van der Waals surface area contributed by atoms with Crippen molar-refractivity contribution < 1.29 is 37.4 Å². The monoisotopic (exact) mass is 563 g/mol. The van der Waals surface area contributed by atoms with Gasteiger partial charge in [-0.1, -0.05) is 30.3 Å². The molecule has 0 saturated carbocycles. The van der Waals surface area contributed by atoms with E-state index in [-0.39, 0.29) is 35.7 Å². The maximum atomic E-state index is 14.2. The highest BCUT2D eigenvalue weighted by atomic mass is 19.4. The SMILES string of the molecule is CCOC(=O)C1=C(C)N(c2cccc(C(F)(F)F)c2)C(=O)N(Cc2cccc(C(=O)O)c2)C1c1ccc(C#N)cc1. The quantitative estimate of drug-likeness (QED) is 0.338. The minimum absolute atomic E-state index is 0.00274. The van der Waals surface area contributed by atoms with Crippen molar-refractivity contribution in [2.24, 2.45) is 0 Å². The lowest BCUT2D eigenvalue weighted by atomic mass is 9.91. The van der Waals surface area contributed by atoms with E-state index in [1.807, 2.05) is 6.07 Å². The third-order valence-electron chi connectivity index (χ3n) is 6.56. The largest absolute Gasteiger partial charge is 0.478 e. The Kier molecular flexibility index (Phi) is 8.14. The van der Waals surface area contributed by atoms with Crippen molar-refractivity contribution in [3.63, 3.8) is 0 Å². The lowest BCUT2D eigenvalue weighted by Gasteiger charge is -2.43. The lowest BCUT2D eigenvalue weighted by molar-refractivity contribution is -0.139. The number of rotatable bonds is 7.